The molecule has 1 saturated heterocycles. The molecule has 4 heteroatoms. The van der Waals surface area contributed by atoms with E-state index in [2.05, 4.69) is 23.5 Å². The molecule has 0 radical (unpaired) electrons. The fourth-order valence-corrected chi connectivity index (χ4v) is 3.10. The highest BCUT2D eigenvalue weighted by molar-refractivity contribution is 5.06. The molecule has 1 aromatic heterocycles. The van der Waals surface area contributed by atoms with Gasteiger partial charge in [0.05, 0.1) is 12.3 Å². The Morgan fingerprint density at radius 1 is 1.53 bits per heavy atom. The second-order valence-electron chi connectivity index (χ2n) is 6.30. The van der Waals surface area contributed by atoms with Gasteiger partial charge in [-0.2, -0.15) is 5.10 Å². The molecule has 2 unspecified atom stereocenters. The summed E-state index contributed by atoms with van der Waals surface area (Å²) in [6, 6.07) is 0.781. The van der Waals surface area contributed by atoms with Crippen molar-refractivity contribution in [1.82, 2.24) is 15.1 Å². The number of hydrogen-bond acceptors (Lipinski definition) is 3. The molecule has 4 nitrogen and oxygen atoms in total. The number of rotatable bonds is 6. The summed E-state index contributed by atoms with van der Waals surface area (Å²) < 4.78 is 7.74. The Balaban J connectivity index is 1.61. The lowest BCUT2D eigenvalue weighted by Crippen LogP contribution is -2.40. The van der Waals surface area contributed by atoms with Crippen LogP contribution in [-0.2, 0) is 18.2 Å². The zero-order valence-corrected chi connectivity index (χ0v) is 12.1. The van der Waals surface area contributed by atoms with Crippen molar-refractivity contribution in [3.05, 3.63) is 18.0 Å². The molecular formula is C15H25N3O. The quantitative estimate of drug-likeness (QED) is 0.852. The second kappa shape index (κ2) is 5.25. The van der Waals surface area contributed by atoms with Gasteiger partial charge in [-0.25, -0.2) is 0 Å². The Labute approximate surface area is 115 Å². The highest BCUT2D eigenvalue weighted by Gasteiger charge is 2.41. The molecule has 1 aliphatic carbocycles. The van der Waals surface area contributed by atoms with E-state index in [1.54, 1.807) is 0 Å². The van der Waals surface area contributed by atoms with Gasteiger partial charge in [-0.1, -0.05) is 0 Å². The normalized spacial score (nSPS) is 30.9. The summed E-state index contributed by atoms with van der Waals surface area (Å²) in [6.07, 6.45) is 10.7. The first-order chi connectivity index (χ1) is 9.18. The molecule has 0 aromatic carbocycles. The molecule has 1 aliphatic heterocycles. The van der Waals surface area contributed by atoms with E-state index in [0.29, 0.717) is 11.5 Å². The number of hydrogen-bond donors (Lipinski definition) is 1. The lowest BCUT2D eigenvalue weighted by molar-refractivity contribution is 0.0584. The minimum atomic E-state index is 0.318. The van der Waals surface area contributed by atoms with Gasteiger partial charge in [0.25, 0.3) is 0 Å². The Bertz CT molecular complexity index is 427. The van der Waals surface area contributed by atoms with Gasteiger partial charge in [-0.05, 0) is 44.6 Å². The van der Waals surface area contributed by atoms with Crippen molar-refractivity contribution in [3.63, 3.8) is 0 Å². The second-order valence-corrected chi connectivity index (χ2v) is 6.30. The van der Waals surface area contributed by atoms with Crippen LogP contribution in [0.5, 0.6) is 0 Å². The van der Waals surface area contributed by atoms with Gasteiger partial charge in [-0.15, -0.1) is 0 Å². The van der Waals surface area contributed by atoms with Crippen LogP contribution in [0.4, 0.5) is 0 Å². The average molecular weight is 263 g/mol. The van der Waals surface area contributed by atoms with Gasteiger partial charge in [0, 0.05) is 37.9 Å². The Morgan fingerprint density at radius 2 is 2.37 bits per heavy atom. The molecule has 2 atom stereocenters. The summed E-state index contributed by atoms with van der Waals surface area (Å²) in [7, 11) is 1.98. The van der Waals surface area contributed by atoms with Crippen molar-refractivity contribution < 1.29 is 4.74 Å². The highest BCUT2D eigenvalue weighted by atomic mass is 16.5. The molecule has 0 spiro atoms. The van der Waals surface area contributed by atoms with Crippen molar-refractivity contribution in [2.75, 3.05) is 13.2 Å². The molecule has 19 heavy (non-hydrogen) atoms. The van der Waals surface area contributed by atoms with Crippen molar-refractivity contribution >= 4 is 0 Å². The van der Waals surface area contributed by atoms with Crippen LogP contribution in [0.3, 0.4) is 0 Å². The van der Waals surface area contributed by atoms with Crippen molar-refractivity contribution in [2.45, 2.75) is 51.2 Å². The minimum Gasteiger partial charge on any atom is -0.378 e. The maximum Gasteiger partial charge on any atom is 0.0616 e. The Hall–Kier alpha value is -0.870. The fraction of sp³-hybridized carbons (Fsp3) is 0.800. The SMILES string of the molecule is CC1OCCC1(CCc1cnn(C)c1)CNC1CC1. The lowest BCUT2D eigenvalue weighted by Gasteiger charge is -2.32. The topological polar surface area (TPSA) is 39.1 Å². The first-order valence-electron chi connectivity index (χ1n) is 7.50. The third-order valence-corrected chi connectivity index (χ3v) is 4.82. The van der Waals surface area contributed by atoms with Gasteiger partial charge in [0.15, 0.2) is 0 Å². The van der Waals surface area contributed by atoms with E-state index in [4.69, 9.17) is 4.74 Å². The van der Waals surface area contributed by atoms with Gasteiger partial charge >= 0.3 is 0 Å². The molecule has 106 valence electrons. The van der Waals surface area contributed by atoms with Crippen molar-refractivity contribution in [1.29, 1.82) is 0 Å². The van der Waals surface area contributed by atoms with Crippen LogP contribution in [0.25, 0.3) is 0 Å². The van der Waals surface area contributed by atoms with Gasteiger partial charge in [0.1, 0.15) is 0 Å². The Morgan fingerprint density at radius 3 is 2.95 bits per heavy atom. The van der Waals surface area contributed by atoms with Gasteiger partial charge in [-0.3, -0.25) is 4.68 Å². The minimum absolute atomic E-state index is 0.318. The molecule has 2 aliphatic rings. The standard InChI is InChI=1S/C15H25N3O/c1-12-15(7-8-19-12,11-16-14-3-4-14)6-5-13-9-17-18(2)10-13/h9-10,12,14,16H,3-8,11H2,1-2H3. The zero-order chi connectivity index (χ0) is 13.3. The summed E-state index contributed by atoms with van der Waals surface area (Å²) in [6.45, 7) is 4.27. The number of aryl methyl sites for hydroxylation is 2. The van der Waals surface area contributed by atoms with Crippen molar-refractivity contribution in [3.8, 4) is 0 Å². The first kappa shape index (κ1) is 13.1. The predicted octanol–water partition coefficient (Wildman–Crippen LogP) is 1.90. The smallest absolute Gasteiger partial charge is 0.0616 e. The molecule has 3 rings (SSSR count). The predicted molar refractivity (Wildman–Crippen MR) is 75.0 cm³/mol. The van der Waals surface area contributed by atoms with Crippen LogP contribution in [0.1, 0.15) is 38.2 Å². The number of ether oxygens (including phenoxy) is 1. The zero-order valence-electron chi connectivity index (χ0n) is 12.1. The molecule has 1 aromatic rings. The van der Waals surface area contributed by atoms with Crippen molar-refractivity contribution in [2.24, 2.45) is 12.5 Å². The van der Waals surface area contributed by atoms with Crippen LogP contribution in [0.2, 0.25) is 0 Å². The maximum absolute atomic E-state index is 5.85. The summed E-state index contributed by atoms with van der Waals surface area (Å²) in [4.78, 5) is 0. The molecule has 0 amide bonds. The van der Waals surface area contributed by atoms with E-state index in [-0.39, 0.29) is 0 Å². The van der Waals surface area contributed by atoms with Crippen LogP contribution >= 0.6 is 0 Å². The van der Waals surface area contributed by atoms with E-state index < -0.39 is 0 Å². The van der Waals surface area contributed by atoms with E-state index in [0.717, 1.165) is 25.6 Å². The first-order valence-corrected chi connectivity index (χ1v) is 7.50. The molecule has 1 N–H and O–H groups in total. The molecule has 2 heterocycles. The van der Waals surface area contributed by atoms with E-state index >= 15 is 0 Å². The highest BCUT2D eigenvalue weighted by Crippen LogP contribution is 2.39. The van der Waals surface area contributed by atoms with Gasteiger partial charge in [0.2, 0.25) is 0 Å². The fourth-order valence-electron chi connectivity index (χ4n) is 3.10. The lowest BCUT2D eigenvalue weighted by atomic mass is 9.76. The molecular weight excluding hydrogens is 238 g/mol. The number of nitrogens with one attached hydrogen (secondary N) is 1. The van der Waals surface area contributed by atoms with Crippen LogP contribution < -0.4 is 5.32 Å². The third kappa shape index (κ3) is 3.00. The van der Waals surface area contributed by atoms with Crippen LogP contribution in [-0.4, -0.2) is 35.1 Å². The summed E-state index contributed by atoms with van der Waals surface area (Å²) in [5, 5.41) is 7.97. The third-order valence-electron chi connectivity index (χ3n) is 4.82. The number of nitrogens with zero attached hydrogens (tertiary/aromatic N) is 2. The van der Waals surface area contributed by atoms with Crippen LogP contribution in [0, 0.1) is 5.41 Å². The monoisotopic (exact) mass is 263 g/mol. The van der Waals surface area contributed by atoms with E-state index in [1.165, 1.54) is 31.2 Å². The summed E-state index contributed by atoms with van der Waals surface area (Å²) >= 11 is 0. The van der Waals surface area contributed by atoms with Crippen LogP contribution in [0.15, 0.2) is 12.4 Å². The molecule has 0 bridgehead atoms. The average Bonchev–Trinajstić information content (AvgIpc) is 3.03. The van der Waals surface area contributed by atoms with Gasteiger partial charge < -0.3 is 10.1 Å². The maximum atomic E-state index is 5.85. The number of aromatic nitrogens is 2. The van der Waals surface area contributed by atoms with E-state index in [1.807, 2.05) is 17.9 Å². The molecule has 1 saturated carbocycles. The Kier molecular flexibility index (Phi) is 3.63. The summed E-state index contributed by atoms with van der Waals surface area (Å²) in [5.41, 5.74) is 1.66. The molecule has 2 fully saturated rings. The largest absolute Gasteiger partial charge is 0.378 e. The summed E-state index contributed by atoms with van der Waals surface area (Å²) in [5.74, 6) is 0. The van der Waals surface area contributed by atoms with E-state index in [9.17, 15) is 0 Å².